The highest BCUT2D eigenvalue weighted by Crippen LogP contribution is 2.28. The molecule has 134 valence electrons. The average Bonchev–Trinajstić information content (AvgIpc) is 2.59. The van der Waals surface area contributed by atoms with Crippen LogP contribution in [0.25, 0.3) is 0 Å². The fourth-order valence-corrected chi connectivity index (χ4v) is 2.44. The van der Waals surface area contributed by atoms with Crippen LogP contribution in [0.3, 0.4) is 0 Å². The molecule has 0 radical (unpaired) electrons. The van der Waals surface area contributed by atoms with Crippen LogP contribution in [0, 0.1) is 0 Å². The third kappa shape index (κ3) is 5.15. The van der Waals surface area contributed by atoms with Crippen molar-refractivity contribution in [1.29, 1.82) is 0 Å². The van der Waals surface area contributed by atoms with Crippen molar-refractivity contribution in [3.05, 3.63) is 47.5 Å². The van der Waals surface area contributed by atoms with Gasteiger partial charge in [0.05, 0.1) is 12.7 Å². The topological polar surface area (TPSA) is 88.1 Å². The van der Waals surface area contributed by atoms with Crippen molar-refractivity contribution in [3.63, 3.8) is 0 Å². The van der Waals surface area contributed by atoms with Gasteiger partial charge in [-0.05, 0) is 23.8 Å². The molecule has 1 aromatic carbocycles. The van der Waals surface area contributed by atoms with Crippen molar-refractivity contribution in [2.75, 3.05) is 13.7 Å². The average molecular weight is 348 g/mol. The molecule has 0 saturated heterocycles. The lowest BCUT2D eigenvalue weighted by Crippen LogP contribution is -2.39. The van der Waals surface area contributed by atoms with Gasteiger partial charge in [-0.25, -0.2) is 4.79 Å². The first kappa shape index (κ1) is 18.7. The number of rotatable bonds is 5. The minimum atomic E-state index is -0.656. The van der Waals surface area contributed by atoms with Gasteiger partial charge in [-0.2, -0.15) is 0 Å². The van der Waals surface area contributed by atoms with Gasteiger partial charge < -0.3 is 18.9 Å². The summed E-state index contributed by atoms with van der Waals surface area (Å²) in [7, 11) is 1.31. The van der Waals surface area contributed by atoms with Gasteiger partial charge in [0.1, 0.15) is 24.9 Å². The molecule has 1 aromatic rings. The number of ether oxygens (including phenoxy) is 4. The summed E-state index contributed by atoms with van der Waals surface area (Å²) in [6.45, 7) is 2.53. The Labute approximate surface area is 145 Å². The molecule has 0 amide bonds. The van der Waals surface area contributed by atoms with E-state index in [1.54, 1.807) is 36.4 Å². The number of benzene rings is 1. The molecule has 0 bridgehead atoms. The molecular weight excluding hydrogens is 328 g/mol. The molecule has 0 N–H and O–H groups in total. The van der Waals surface area contributed by atoms with Gasteiger partial charge >= 0.3 is 17.9 Å². The van der Waals surface area contributed by atoms with Gasteiger partial charge in [0.15, 0.2) is 0 Å². The number of hydrogen-bond donors (Lipinski definition) is 0. The van der Waals surface area contributed by atoms with Gasteiger partial charge in [0.25, 0.3) is 0 Å². The van der Waals surface area contributed by atoms with E-state index in [-0.39, 0.29) is 6.61 Å². The van der Waals surface area contributed by atoms with Crippen molar-refractivity contribution >= 4 is 17.9 Å². The largest absolute Gasteiger partial charge is 0.465 e. The van der Waals surface area contributed by atoms with Crippen LogP contribution in [-0.2, 0) is 28.5 Å². The first-order valence-corrected chi connectivity index (χ1v) is 7.73. The zero-order chi connectivity index (χ0) is 18.4. The van der Waals surface area contributed by atoms with Crippen molar-refractivity contribution in [2.45, 2.75) is 32.2 Å². The maximum Gasteiger partial charge on any atom is 0.337 e. The van der Waals surface area contributed by atoms with E-state index in [0.717, 1.165) is 5.56 Å². The van der Waals surface area contributed by atoms with E-state index in [4.69, 9.17) is 18.9 Å². The third-order valence-corrected chi connectivity index (χ3v) is 3.55. The Morgan fingerprint density at radius 2 is 1.88 bits per heavy atom. The molecule has 2 rings (SSSR count). The summed E-state index contributed by atoms with van der Waals surface area (Å²) in [6.07, 6.45) is 1.64. The van der Waals surface area contributed by atoms with Crippen LogP contribution in [0.2, 0.25) is 0 Å². The fourth-order valence-electron chi connectivity index (χ4n) is 2.44. The SMILES string of the molecule is COC(=O)c1cccc([C@@H]2C=C[C@H](OC(C)=O)[C@@H](COC(C)=O)O2)c1. The van der Waals surface area contributed by atoms with Crippen LogP contribution in [0.15, 0.2) is 36.4 Å². The molecule has 0 spiro atoms. The molecule has 7 heteroatoms. The Bertz CT molecular complexity index is 680. The fraction of sp³-hybridized carbons (Fsp3) is 0.389. The lowest BCUT2D eigenvalue weighted by atomic mass is 10.0. The first-order valence-electron chi connectivity index (χ1n) is 7.73. The van der Waals surface area contributed by atoms with E-state index in [0.29, 0.717) is 5.56 Å². The van der Waals surface area contributed by atoms with E-state index in [1.807, 2.05) is 0 Å². The van der Waals surface area contributed by atoms with Crippen LogP contribution in [0.1, 0.15) is 35.9 Å². The van der Waals surface area contributed by atoms with Gasteiger partial charge in [-0.3, -0.25) is 9.59 Å². The minimum Gasteiger partial charge on any atom is -0.465 e. The molecule has 0 saturated carbocycles. The zero-order valence-electron chi connectivity index (χ0n) is 14.3. The number of carbonyl (C=O) groups is 3. The Hall–Kier alpha value is -2.67. The van der Waals surface area contributed by atoms with E-state index in [9.17, 15) is 14.4 Å². The van der Waals surface area contributed by atoms with Crippen molar-refractivity contribution in [2.24, 2.45) is 0 Å². The maximum absolute atomic E-state index is 11.7. The number of esters is 3. The molecule has 25 heavy (non-hydrogen) atoms. The molecule has 0 unspecified atom stereocenters. The Kier molecular flexibility index (Phi) is 6.30. The molecule has 0 aromatic heterocycles. The zero-order valence-corrected chi connectivity index (χ0v) is 14.3. The van der Waals surface area contributed by atoms with Crippen LogP contribution in [0.4, 0.5) is 0 Å². The molecule has 1 aliphatic heterocycles. The number of methoxy groups -OCH3 is 1. The Balaban J connectivity index is 2.20. The number of hydrogen-bond acceptors (Lipinski definition) is 7. The normalized spacial score (nSPS) is 22.1. The summed E-state index contributed by atoms with van der Waals surface area (Å²) in [5, 5.41) is 0. The lowest BCUT2D eigenvalue weighted by molar-refractivity contribution is -0.163. The van der Waals surface area contributed by atoms with Crippen LogP contribution < -0.4 is 0 Å². The van der Waals surface area contributed by atoms with Crippen LogP contribution in [0.5, 0.6) is 0 Å². The smallest absolute Gasteiger partial charge is 0.337 e. The summed E-state index contributed by atoms with van der Waals surface area (Å²) in [5.41, 5.74) is 1.13. The monoisotopic (exact) mass is 348 g/mol. The lowest BCUT2D eigenvalue weighted by Gasteiger charge is -2.31. The second kappa shape index (κ2) is 8.43. The molecule has 3 atom stereocenters. The summed E-state index contributed by atoms with van der Waals surface area (Å²) in [6, 6.07) is 6.82. The minimum absolute atomic E-state index is 0.0508. The molecular formula is C18H20O7. The summed E-state index contributed by atoms with van der Waals surface area (Å²) >= 11 is 0. The quantitative estimate of drug-likeness (QED) is 0.456. The molecule has 1 heterocycles. The van der Waals surface area contributed by atoms with E-state index >= 15 is 0 Å². The van der Waals surface area contributed by atoms with E-state index in [1.165, 1.54) is 21.0 Å². The van der Waals surface area contributed by atoms with Crippen LogP contribution in [-0.4, -0.2) is 43.8 Å². The second-order valence-electron chi connectivity index (χ2n) is 5.47. The van der Waals surface area contributed by atoms with Gasteiger partial charge in [-0.15, -0.1) is 0 Å². The van der Waals surface area contributed by atoms with E-state index in [2.05, 4.69) is 0 Å². The molecule has 0 fully saturated rings. The van der Waals surface area contributed by atoms with Gasteiger partial charge in [-0.1, -0.05) is 18.2 Å². The van der Waals surface area contributed by atoms with Gasteiger partial charge in [0.2, 0.25) is 0 Å². The first-order chi connectivity index (χ1) is 11.9. The van der Waals surface area contributed by atoms with E-state index < -0.39 is 36.2 Å². The van der Waals surface area contributed by atoms with Crippen molar-refractivity contribution in [1.82, 2.24) is 0 Å². The van der Waals surface area contributed by atoms with Gasteiger partial charge in [0, 0.05) is 13.8 Å². The highest BCUT2D eigenvalue weighted by Gasteiger charge is 2.31. The molecule has 7 nitrogen and oxygen atoms in total. The Morgan fingerprint density at radius 3 is 2.52 bits per heavy atom. The predicted molar refractivity (Wildman–Crippen MR) is 86.7 cm³/mol. The predicted octanol–water partition coefficient (Wildman–Crippen LogP) is 1.96. The van der Waals surface area contributed by atoms with Crippen molar-refractivity contribution in [3.8, 4) is 0 Å². The Morgan fingerprint density at radius 1 is 1.12 bits per heavy atom. The summed E-state index contributed by atoms with van der Waals surface area (Å²) < 4.78 is 20.8. The summed E-state index contributed by atoms with van der Waals surface area (Å²) in [4.78, 5) is 34.0. The van der Waals surface area contributed by atoms with Crippen LogP contribution >= 0.6 is 0 Å². The van der Waals surface area contributed by atoms with Crippen molar-refractivity contribution < 1.29 is 33.3 Å². The molecule has 1 aliphatic rings. The maximum atomic E-state index is 11.7. The standard InChI is InChI=1S/C18H20O7/c1-11(19)23-10-17-16(24-12(2)20)8-7-15(25-17)13-5-4-6-14(9-13)18(21)22-3/h4-9,15-17H,10H2,1-3H3/t15-,16-,17+/m0/s1. The second-order valence-corrected chi connectivity index (χ2v) is 5.47. The highest BCUT2D eigenvalue weighted by molar-refractivity contribution is 5.89. The summed E-state index contributed by atoms with van der Waals surface area (Å²) in [5.74, 6) is -1.36. The molecule has 0 aliphatic carbocycles. The third-order valence-electron chi connectivity index (χ3n) is 3.55. The number of carbonyl (C=O) groups excluding carboxylic acids is 3. The highest BCUT2D eigenvalue weighted by atomic mass is 16.6.